The molecule has 0 radical (unpaired) electrons. The third-order valence-corrected chi connectivity index (χ3v) is 2.94. The molecule has 20 heavy (non-hydrogen) atoms. The predicted molar refractivity (Wildman–Crippen MR) is 71.1 cm³/mol. The monoisotopic (exact) mass is 276 g/mol. The molecule has 2 rings (SSSR count). The first-order valence-electron chi connectivity index (χ1n) is 6.33. The van der Waals surface area contributed by atoms with Gasteiger partial charge in [-0.25, -0.2) is 4.79 Å². The van der Waals surface area contributed by atoms with Crippen LogP contribution in [0.3, 0.4) is 0 Å². The van der Waals surface area contributed by atoms with E-state index < -0.39 is 5.97 Å². The molecule has 0 aliphatic heterocycles. The second-order valence-corrected chi connectivity index (χ2v) is 4.36. The Kier molecular flexibility index (Phi) is 4.24. The smallest absolute Gasteiger partial charge is 0.336 e. The van der Waals surface area contributed by atoms with Gasteiger partial charge in [0.25, 0.3) is 0 Å². The van der Waals surface area contributed by atoms with E-state index in [0.29, 0.717) is 10.4 Å². The highest BCUT2D eigenvalue weighted by Crippen LogP contribution is 2.19. The van der Waals surface area contributed by atoms with E-state index in [1.807, 2.05) is 13.0 Å². The van der Waals surface area contributed by atoms with Crippen molar-refractivity contribution in [3.05, 3.63) is 47.2 Å². The minimum Gasteiger partial charge on any atom is -0.478 e. The zero-order valence-electron chi connectivity index (χ0n) is 11.1. The maximum absolute atomic E-state index is 11.3. The van der Waals surface area contributed by atoms with Crippen LogP contribution in [0.2, 0.25) is 0 Å². The molecule has 1 heterocycles. The fourth-order valence-corrected chi connectivity index (χ4v) is 2.03. The summed E-state index contributed by atoms with van der Waals surface area (Å²) in [6, 6.07) is 6.70. The van der Waals surface area contributed by atoms with Crippen LogP contribution in [-0.2, 0) is 13.0 Å². The van der Waals surface area contributed by atoms with Crippen molar-refractivity contribution >= 4 is 5.97 Å². The Balaban J connectivity index is 2.25. The molecule has 0 bridgehead atoms. The van der Waals surface area contributed by atoms with Crippen molar-refractivity contribution in [2.45, 2.75) is 26.4 Å². The second-order valence-electron chi connectivity index (χ2n) is 4.36. The van der Waals surface area contributed by atoms with Crippen LogP contribution in [0, 0.1) is 0 Å². The van der Waals surface area contributed by atoms with Gasteiger partial charge in [-0.1, -0.05) is 30.6 Å². The van der Waals surface area contributed by atoms with Gasteiger partial charge in [-0.3, -0.25) is 0 Å². The molecule has 0 aliphatic rings. The average molecular weight is 276 g/mol. The summed E-state index contributed by atoms with van der Waals surface area (Å²) in [7, 11) is 0. The summed E-state index contributed by atoms with van der Waals surface area (Å²) >= 11 is 0. The van der Waals surface area contributed by atoms with E-state index in [2.05, 4.69) is 5.10 Å². The summed E-state index contributed by atoms with van der Waals surface area (Å²) in [5, 5.41) is 22.0. The van der Waals surface area contributed by atoms with Gasteiger partial charge in [0.05, 0.1) is 11.8 Å². The van der Waals surface area contributed by atoms with Gasteiger partial charge in [0.1, 0.15) is 6.61 Å². The number of nitrogens with zero attached hydrogens (tertiary/aromatic N) is 2. The Bertz CT molecular complexity index is 607. The summed E-state index contributed by atoms with van der Waals surface area (Å²) < 4.78 is 5.44. The third kappa shape index (κ3) is 3.09. The van der Waals surface area contributed by atoms with Gasteiger partial charge in [0.15, 0.2) is 0 Å². The van der Waals surface area contributed by atoms with Crippen LogP contribution in [0.25, 0.3) is 0 Å². The maximum atomic E-state index is 11.3. The molecular formula is C14H16N2O4. The third-order valence-electron chi connectivity index (χ3n) is 2.94. The predicted octanol–water partition coefficient (Wildman–Crippen LogP) is 2.35. The van der Waals surface area contributed by atoms with Crippen LogP contribution < -0.4 is 4.74 Å². The molecule has 6 heteroatoms. The number of hydrogen-bond donors (Lipinski definition) is 2. The molecule has 6 nitrogen and oxygen atoms in total. The second kappa shape index (κ2) is 6.10. The summed E-state index contributed by atoms with van der Waals surface area (Å²) in [6.07, 6.45) is 3.04. The molecule has 0 fully saturated rings. The molecule has 0 amide bonds. The molecule has 0 aliphatic carbocycles. The van der Waals surface area contributed by atoms with Crippen molar-refractivity contribution in [3.8, 4) is 5.88 Å². The van der Waals surface area contributed by atoms with Crippen LogP contribution in [-0.4, -0.2) is 26.2 Å². The minimum atomic E-state index is -0.978. The molecule has 0 spiro atoms. The van der Waals surface area contributed by atoms with E-state index in [1.54, 1.807) is 12.1 Å². The number of hydrogen-bond acceptors (Lipinski definition) is 4. The molecular weight excluding hydrogens is 260 g/mol. The lowest BCUT2D eigenvalue weighted by Crippen LogP contribution is -2.09. The van der Waals surface area contributed by atoms with E-state index in [0.717, 1.165) is 18.4 Å². The zero-order valence-corrected chi connectivity index (χ0v) is 11.1. The van der Waals surface area contributed by atoms with Crippen molar-refractivity contribution in [1.82, 2.24) is 9.94 Å². The van der Waals surface area contributed by atoms with Crippen LogP contribution in [0.5, 0.6) is 5.88 Å². The van der Waals surface area contributed by atoms with Crippen molar-refractivity contribution in [1.29, 1.82) is 0 Å². The summed E-state index contributed by atoms with van der Waals surface area (Å²) in [5.41, 5.74) is 1.84. The quantitative estimate of drug-likeness (QED) is 0.791. The molecule has 0 saturated carbocycles. The first-order chi connectivity index (χ1) is 9.61. The first-order valence-corrected chi connectivity index (χ1v) is 6.33. The van der Waals surface area contributed by atoms with Gasteiger partial charge >= 0.3 is 5.97 Å². The largest absolute Gasteiger partial charge is 0.478 e. The summed E-state index contributed by atoms with van der Waals surface area (Å²) in [6.45, 7) is 2.14. The normalized spacial score (nSPS) is 10.4. The van der Waals surface area contributed by atoms with Crippen molar-refractivity contribution < 1.29 is 19.8 Å². The van der Waals surface area contributed by atoms with Crippen molar-refractivity contribution in [2.24, 2.45) is 0 Å². The van der Waals surface area contributed by atoms with Gasteiger partial charge in [-0.2, -0.15) is 0 Å². The highest BCUT2D eigenvalue weighted by molar-refractivity contribution is 5.89. The summed E-state index contributed by atoms with van der Waals surface area (Å²) in [4.78, 5) is 11.9. The topological polar surface area (TPSA) is 84.6 Å². The van der Waals surface area contributed by atoms with Gasteiger partial charge in [0, 0.05) is 11.6 Å². The molecule has 0 unspecified atom stereocenters. The highest BCUT2D eigenvalue weighted by atomic mass is 16.5. The minimum absolute atomic E-state index is 0.106. The molecule has 0 atom stereocenters. The number of carboxylic acid groups (broad SMARTS) is 1. The van der Waals surface area contributed by atoms with Crippen LogP contribution in [0.4, 0.5) is 0 Å². The average Bonchev–Trinajstić information content (AvgIpc) is 2.83. The number of aryl methyl sites for hydroxylation is 1. The Morgan fingerprint density at radius 3 is 2.80 bits per heavy atom. The lowest BCUT2D eigenvalue weighted by atomic mass is 9.98. The maximum Gasteiger partial charge on any atom is 0.336 e. The standard InChI is InChI=1S/C14H16N2O4/c1-2-4-10-5-3-6-11(14(17)18)12(10)9-20-13-7-8-16(19)15-13/h3,5-8,19H,2,4,9H2,1H3,(H,17,18). The number of rotatable bonds is 6. The van der Waals surface area contributed by atoms with Gasteiger partial charge in [-0.05, 0) is 18.1 Å². The van der Waals surface area contributed by atoms with Gasteiger partial charge < -0.3 is 15.1 Å². The molecule has 1 aromatic carbocycles. The van der Waals surface area contributed by atoms with Crippen LogP contribution in [0.1, 0.15) is 34.8 Å². The zero-order chi connectivity index (χ0) is 14.5. The first kappa shape index (κ1) is 13.9. The van der Waals surface area contributed by atoms with E-state index in [1.165, 1.54) is 12.3 Å². The van der Waals surface area contributed by atoms with Gasteiger partial charge in [0.2, 0.25) is 5.88 Å². The van der Waals surface area contributed by atoms with Crippen LogP contribution >= 0.6 is 0 Å². The fraction of sp³-hybridized carbons (Fsp3) is 0.286. The Labute approximate surface area is 116 Å². The molecule has 2 N–H and O–H groups in total. The van der Waals surface area contributed by atoms with Crippen molar-refractivity contribution in [2.75, 3.05) is 0 Å². The lowest BCUT2D eigenvalue weighted by molar-refractivity contribution is 0.0693. The summed E-state index contributed by atoms with van der Waals surface area (Å²) in [5.74, 6) is -0.732. The van der Waals surface area contributed by atoms with Crippen LogP contribution in [0.15, 0.2) is 30.5 Å². The highest BCUT2D eigenvalue weighted by Gasteiger charge is 2.14. The lowest BCUT2D eigenvalue weighted by Gasteiger charge is -2.12. The number of aromatic carboxylic acids is 1. The Hall–Kier alpha value is -2.50. The number of carbonyl (C=O) groups is 1. The van der Waals surface area contributed by atoms with E-state index in [-0.39, 0.29) is 18.1 Å². The van der Waals surface area contributed by atoms with E-state index >= 15 is 0 Å². The molecule has 1 aromatic heterocycles. The number of benzene rings is 1. The number of carboxylic acids is 1. The molecule has 106 valence electrons. The van der Waals surface area contributed by atoms with E-state index in [4.69, 9.17) is 9.94 Å². The van der Waals surface area contributed by atoms with Crippen molar-refractivity contribution in [3.63, 3.8) is 0 Å². The van der Waals surface area contributed by atoms with Gasteiger partial charge in [-0.15, -0.1) is 4.85 Å². The Morgan fingerprint density at radius 1 is 1.40 bits per heavy atom. The number of ether oxygens (including phenoxy) is 1. The fourth-order valence-electron chi connectivity index (χ4n) is 2.03. The SMILES string of the molecule is CCCc1cccc(C(=O)O)c1COc1ccn(O)n1. The number of aromatic nitrogens is 2. The molecule has 2 aromatic rings. The Morgan fingerprint density at radius 2 is 2.20 bits per heavy atom. The molecule has 0 saturated heterocycles. The van der Waals surface area contributed by atoms with E-state index in [9.17, 15) is 9.90 Å².